The molecule has 4 aromatic carbocycles. The number of fused-ring (bicyclic) bond motifs is 5. The number of hydrogen-bond acceptors (Lipinski definition) is 8. The van der Waals surface area contributed by atoms with Crippen LogP contribution in [0.2, 0.25) is 0 Å². The predicted molar refractivity (Wildman–Crippen MR) is 193 cm³/mol. The van der Waals surface area contributed by atoms with Gasteiger partial charge in [0, 0.05) is 17.0 Å². The Morgan fingerprint density at radius 3 is 2.28 bits per heavy atom. The Labute approximate surface area is 311 Å². The number of anilines is 2. The first-order valence-corrected chi connectivity index (χ1v) is 17.6. The third-order valence-electron chi connectivity index (χ3n) is 11.1. The molecule has 0 bridgehead atoms. The molecule has 4 amide bonds. The Bertz CT molecular complexity index is 2400. The number of allylic oxidation sites excluding steroid dienone is 2. The average Bonchev–Trinajstić information content (AvgIpc) is 3.75. The number of halogens is 3. The van der Waals surface area contributed by atoms with Gasteiger partial charge in [0.05, 0.1) is 30.3 Å². The molecule has 3 heterocycles. The molecule has 1 saturated carbocycles. The maximum Gasteiger partial charge on any atom is 0.258 e. The van der Waals surface area contributed by atoms with E-state index in [-0.39, 0.29) is 29.8 Å². The van der Waals surface area contributed by atoms with Gasteiger partial charge in [-0.3, -0.25) is 24.1 Å². The van der Waals surface area contributed by atoms with Crippen molar-refractivity contribution < 1.29 is 37.8 Å². The Morgan fingerprint density at radius 1 is 0.868 bits per heavy atom. The SMILES string of the molecule is COc1ccc(O)c(C2C3=CCC4C(=O)N(c5ccc(-c6nc7ccccc7o6)cc5)C(=O)C4C3CC3(Cl)C(=O)N(c4ccc(F)cc4)C(=O)C23Cl)c1. The number of para-hydroxylation sites is 2. The van der Waals surface area contributed by atoms with Crippen LogP contribution in [0.25, 0.3) is 22.6 Å². The number of rotatable bonds is 5. The summed E-state index contributed by atoms with van der Waals surface area (Å²) in [5, 5.41) is 11.3. The molecule has 1 N–H and O–H groups in total. The lowest BCUT2D eigenvalue weighted by molar-refractivity contribution is -0.125. The Balaban J connectivity index is 1.13. The molecule has 13 heteroatoms. The molecule has 3 fully saturated rings. The zero-order chi connectivity index (χ0) is 37.0. The number of aromatic hydroxyl groups is 1. The summed E-state index contributed by atoms with van der Waals surface area (Å²) in [6.45, 7) is 0. The summed E-state index contributed by atoms with van der Waals surface area (Å²) in [6.07, 6.45) is 1.64. The van der Waals surface area contributed by atoms with Crippen LogP contribution in [0.1, 0.15) is 24.3 Å². The highest BCUT2D eigenvalue weighted by molar-refractivity contribution is 6.58. The van der Waals surface area contributed by atoms with Crippen molar-refractivity contribution in [3.63, 3.8) is 0 Å². The van der Waals surface area contributed by atoms with Gasteiger partial charge in [-0.2, -0.15) is 0 Å². The number of nitrogens with zero attached hydrogens (tertiary/aromatic N) is 3. The second-order valence-corrected chi connectivity index (χ2v) is 15.0. The third-order valence-corrected chi connectivity index (χ3v) is 12.5. The van der Waals surface area contributed by atoms with Gasteiger partial charge in [-0.05, 0) is 97.6 Å². The first kappa shape index (κ1) is 33.3. The van der Waals surface area contributed by atoms with Crippen LogP contribution < -0.4 is 14.5 Å². The molecule has 53 heavy (non-hydrogen) atoms. The van der Waals surface area contributed by atoms with Gasteiger partial charge in [0.15, 0.2) is 15.3 Å². The van der Waals surface area contributed by atoms with Crippen LogP contribution in [0.15, 0.2) is 107 Å². The van der Waals surface area contributed by atoms with E-state index in [1.807, 2.05) is 24.3 Å². The molecule has 2 aliphatic carbocycles. The number of phenolic OH excluding ortho intramolecular Hbond substituents is 1. The summed E-state index contributed by atoms with van der Waals surface area (Å²) in [5.74, 6) is -6.56. The summed E-state index contributed by atoms with van der Waals surface area (Å²) >= 11 is 14.8. The maximum absolute atomic E-state index is 14.6. The van der Waals surface area contributed by atoms with Gasteiger partial charge in [0.1, 0.15) is 22.8 Å². The van der Waals surface area contributed by atoms with Gasteiger partial charge < -0.3 is 14.3 Å². The van der Waals surface area contributed by atoms with Crippen LogP contribution in [0.5, 0.6) is 11.5 Å². The number of carbonyl (C=O) groups is 4. The number of hydrogen-bond donors (Lipinski definition) is 1. The molecule has 266 valence electrons. The van der Waals surface area contributed by atoms with Crippen molar-refractivity contribution in [3.8, 4) is 23.0 Å². The normalized spacial score (nSPS) is 27.9. The summed E-state index contributed by atoms with van der Waals surface area (Å²) in [5.41, 5.74) is 3.02. The highest BCUT2D eigenvalue weighted by Gasteiger charge is 2.77. The van der Waals surface area contributed by atoms with Crippen molar-refractivity contribution in [3.05, 3.63) is 114 Å². The summed E-state index contributed by atoms with van der Waals surface area (Å²) < 4.78 is 25.3. The molecule has 9 rings (SSSR count). The second kappa shape index (κ2) is 11.7. The Hall–Kier alpha value is -5.52. The van der Waals surface area contributed by atoms with E-state index in [1.54, 1.807) is 30.3 Å². The standard InChI is InChI=1S/C40H28Cl2FN3O7/c1-52-24-14-17-30(47)27(18-24)33-25-15-16-26-32(28(25)19-39(41)37(50)46(38(51)40(33,39)42)23-12-8-21(43)9-13-23)36(49)45(35(26)48)22-10-6-20(7-11-22)34-44-29-4-2-3-5-31(29)53-34/h2-15,17-18,26,28,32-33,47H,16,19H2,1H3. The van der Waals surface area contributed by atoms with Crippen LogP contribution >= 0.6 is 23.2 Å². The topological polar surface area (TPSA) is 130 Å². The van der Waals surface area contributed by atoms with Crippen LogP contribution in [-0.4, -0.2) is 50.6 Å². The number of ether oxygens (including phenoxy) is 1. The van der Waals surface area contributed by atoms with Gasteiger partial charge in [-0.15, -0.1) is 23.2 Å². The van der Waals surface area contributed by atoms with E-state index in [1.165, 1.54) is 37.4 Å². The number of benzene rings is 4. The van der Waals surface area contributed by atoms with Crippen molar-refractivity contribution in [1.82, 2.24) is 4.98 Å². The van der Waals surface area contributed by atoms with E-state index in [0.717, 1.165) is 21.9 Å². The van der Waals surface area contributed by atoms with Crippen molar-refractivity contribution in [2.75, 3.05) is 16.9 Å². The highest BCUT2D eigenvalue weighted by Crippen LogP contribution is 2.66. The Morgan fingerprint density at radius 2 is 1.57 bits per heavy atom. The lowest BCUT2D eigenvalue weighted by atomic mass is 9.56. The first-order valence-electron chi connectivity index (χ1n) is 16.9. The molecule has 0 spiro atoms. The van der Waals surface area contributed by atoms with Crippen LogP contribution in [0.4, 0.5) is 15.8 Å². The molecule has 2 aliphatic heterocycles. The zero-order valence-corrected chi connectivity index (χ0v) is 29.3. The molecule has 0 radical (unpaired) electrons. The molecular formula is C40H28Cl2FN3O7. The smallest absolute Gasteiger partial charge is 0.258 e. The van der Waals surface area contributed by atoms with Crippen molar-refractivity contribution in [2.45, 2.75) is 28.5 Å². The number of amides is 4. The molecule has 10 nitrogen and oxygen atoms in total. The average molecular weight is 753 g/mol. The lowest BCUT2D eigenvalue weighted by Gasteiger charge is -2.50. The second-order valence-electron chi connectivity index (χ2n) is 13.7. The van der Waals surface area contributed by atoms with Crippen molar-refractivity contribution >= 4 is 69.3 Å². The minimum absolute atomic E-state index is 0.0545. The first-order chi connectivity index (χ1) is 25.5. The Kier molecular flexibility index (Phi) is 7.38. The lowest BCUT2D eigenvalue weighted by Crippen LogP contribution is -2.60. The van der Waals surface area contributed by atoms with Gasteiger partial charge >= 0.3 is 0 Å². The zero-order valence-electron chi connectivity index (χ0n) is 27.8. The molecule has 6 atom stereocenters. The number of oxazole rings is 1. The van der Waals surface area contributed by atoms with Crippen LogP contribution in [0.3, 0.4) is 0 Å². The van der Waals surface area contributed by atoms with E-state index < -0.39 is 62.9 Å². The minimum atomic E-state index is -2.20. The molecule has 1 aromatic heterocycles. The number of alkyl halides is 2. The number of phenols is 1. The minimum Gasteiger partial charge on any atom is -0.508 e. The van der Waals surface area contributed by atoms with E-state index in [0.29, 0.717) is 39.6 Å². The van der Waals surface area contributed by atoms with Crippen LogP contribution in [0, 0.1) is 23.6 Å². The molecule has 6 unspecified atom stereocenters. The van der Waals surface area contributed by atoms with Gasteiger partial charge in [-0.1, -0.05) is 23.8 Å². The fourth-order valence-corrected chi connectivity index (χ4v) is 9.57. The van der Waals surface area contributed by atoms with Gasteiger partial charge in [0.2, 0.25) is 17.7 Å². The number of aromatic nitrogens is 1. The maximum atomic E-state index is 14.6. The van der Waals surface area contributed by atoms with E-state index in [4.69, 9.17) is 32.4 Å². The van der Waals surface area contributed by atoms with Crippen molar-refractivity contribution in [2.24, 2.45) is 17.8 Å². The molecule has 5 aromatic rings. The monoisotopic (exact) mass is 751 g/mol. The molecule has 4 aliphatic rings. The largest absolute Gasteiger partial charge is 0.508 e. The number of methoxy groups -OCH3 is 1. The predicted octanol–water partition coefficient (Wildman–Crippen LogP) is 7.12. The van der Waals surface area contributed by atoms with Gasteiger partial charge in [-0.25, -0.2) is 14.3 Å². The van der Waals surface area contributed by atoms with Crippen LogP contribution in [-0.2, 0) is 19.2 Å². The summed E-state index contributed by atoms with van der Waals surface area (Å²) in [4.78, 5) is 59.8. The van der Waals surface area contributed by atoms with Crippen molar-refractivity contribution in [1.29, 1.82) is 0 Å². The third kappa shape index (κ3) is 4.59. The summed E-state index contributed by atoms with van der Waals surface area (Å²) in [7, 11) is 1.43. The highest BCUT2D eigenvalue weighted by atomic mass is 35.5. The summed E-state index contributed by atoms with van der Waals surface area (Å²) in [6, 6.07) is 23.3. The fraction of sp³-hybridized carbons (Fsp3) is 0.225. The fourth-order valence-electron chi connectivity index (χ4n) is 8.64. The number of carbonyl (C=O) groups excluding carboxylic acids is 4. The van der Waals surface area contributed by atoms with Gasteiger partial charge in [0.25, 0.3) is 11.8 Å². The number of imide groups is 2. The van der Waals surface area contributed by atoms with E-state index in [2.05, 4.69) is 4.98 Å². The van der Waals surface area contributed by atoms with E-state index >= 15 is 0 Å². The molecule has 2 saturated heterocycles. The van der Waals surface area contributed by atoms with E-state index in [9.17, 15) is 28.7 Å². The molecular weight excluding hydrogens is 724 g/mol. The quantitative estimate of drug-likeness (QED) is 0.114.